The first-order valence-electron chi connectivity index (χ1n) is 6.73. The number of amides is 2. The lowest BCUT2D eigenvalue weighted by molar-refractivity contribution is -0.139. The lowest BCUT2D eigenvalue weighted by Crippen LogP contribution is -2.43. The van der Waals surface area contributed by atoms with Crippen LogP contribution in [0.3, 0.4) is 0 Å². The van der Waals surface area contributed by atoms with Crippen LogP contribution in [0.4, 0.5) is 10.5 Å². The first kappa shape index (κ1) is 16.0. The van der Waals surface area contributed by atoms with Gasteiger partial charge < -0.3 is 15.7 Å². The summed E-state index contributed by atoms with van der Waals surface area (Å²) in [6.07, 6.45) is 1.11. The van der Waals surface area contributed by atoms with Gasteiger partial charge in [0.05, 0.1) is 0 Å². The van der Waals surface area contributed by atoms with Crippen molar-refractivity contribution in [1.29, 1.82) is 0 Å². The summed E-state index contributed by atoms with van der Waals surface area (Å²) < 4.78 is 0. The summed E-state index contributed by atoms with van der Waals surface area (Å²) in [5.41, 5.74) is 3.77. The summed E-state index contributed by atoms with van der Waals surface area (Å²) >= 11 is 0. The van der Waals surface area contributed by atoms with Gasteiger partial charge in [-0.05, 0) is 38.3 Å². The molecule has 0 aromatic heterocycles. The Morgan fingerprint density at radius 3 is 2.20 bits per heavy atom. The highest BCUT2D eigenvalue weighted by molar-refractivity contribution is 5.93. The van der Waals surface area contributed by atoms with Gasteiger partial charge in [0.2, 0.25) is 0 Å². The first-order chi connectivity index (χ1) is 9.35. The molecule has 0 heterocycles. The van der Waals surface area contributed by atoms with Crippen LogP contribution in [0.2, 0.25) is 0 Å². The summed E-state index contributed by atoms with van der Waals surface area (Å²) in [6.45, 7) is 7.70. The second-order valence-electron chi connectivity index (χ2n) is 5.05. The average Bonchev–Trinajstić information content (AvgIpc) is 2.33. The molecule has 0 saturated carbocycles. The molecule has 0 spiro atoms. The van der Waals surface area contributed by atoms with E-state index in [2.05, 4.69) is 10.6 Å². The van der Waals surface area contributed by atoms with Crippen LogP contribution >= 0.6 is 0 Å². The van der Waals surface area contributed by atoms with Gasteiger partial charge in [-0.3, -0.25) is 0 Å². The van der Waals surface area contributed by atoms with Crippen molar-refractivity contribution in [2.24, 2.45) is 0 Å². The largest absolute Gasteiger partial charge is 0.480 e. The van der Waals surface area contributed by atoms with Crippen molar-refractivity contribution in [2.45, 2.75) is 46.6 Å². The monoisotopic (exact) mass is 278 g/mol. The third-order valence-electron chi connectivity index (χ3n) is 3.10. The molecular weight excluding hydrogens is 256 g/mol. The number of urea groups is 1. The van der Waals surface area contributed by atoms with Crippen molar-refractivity contribution in [1.82, 2.24) is 5.32 Å². The number of carboxylic acids is 1. The molecule has 5 heteroatoms. The van der Waals surface area contributed by atoms with Crippen LogP contribution in [0, 0.1) is 20.8 Å². The van der Waals surface area contributed by atoms with Crippen molar-refractivity contribution < 1.29 is 14.7 Å². The van der Waals surface area contributed by atoms with E-state index in [4.69, 9.17) is 5.11 Å². The zero-order chi connectivity index (χ0) is 15.3. The van der Waals surface area contributed by atoms with Crippen LogP contribution < -0.4 is 10.6 Å². The van der Waals surface area contributed by atoms with Crippen LogP contribution in [0.25, 0.3) is 0 Å². The normalized spacial score (nSPS) is 11.8. The Balaban J connectivity index is 2.78. The first-order valence-corrected chi connectivity index (χ1v) is 6.73. The van der Waals surface area contributed by atoms with E-state index in [1.807, 2.05) is 39.8 Å². The molecule has 20 heavy (non-hydrogen) atoms. The quantitative estimate of drug-likeness (QED) is 0.774. The zero-order valence-corrected chi connectivity index (χ0v) is 12.4. The van der Waals surface area contributed by atoms with Gasteiger partial charge >= 0.3 is 12.0 Å². The Kier molecular flexibility index (Phi) is 5.55. The minimum Gasteiger partial charge on any atom is -0.480 e. The summed E-state index contributed by atoms with van der Waals surface area (Å²) in [6, 6.07) is 2.61. The number of anilines is 1. The summed E-state index contributed by atoms with van der Waals surface area (Å²) in [4.78, 5) is 22.9. The van der Waals surface area contributed by atoms with Gasteiger partial charge in [-0.1, -0.05) is 31.0 Å². The fourth-order valence-electron chi connectivity index (χ4n) is 2.23. The number of rotatable bonds is 5. The Hall–Kier alpha value is -2.04. The fourth-order valence-corrected chi connectivity index (χ4v) is 2.23. The standard InChI is InChI=1S/C15H22N2O3/c1-5-6-12(14(18)19)16-15(20)17-13-10(3)7-9(2)8-11(13)4/h7-8,12H,5-6H2,1-4H3,(H,18,19)(H2,16,17,20)/t12-/m0/s1. The number of benzene rings is 1. The van der Waals surface area contributed by atoms with Crippen molar-refractivity contribution in [3.63, 3.8) is 0 Å². The molecule has 0 aliphatic carbocycles. The fraction of sp³-hybridized carbons (Fsp3) is 0.467. The molecule has 0 saturated heterocycles. The molecule has 0 radical (unpaired) electrons. The van der Waals surface area contributed by atoms with E-state index in [1.54, 1.807) is 0 Å². The van der Waals surface area contributed by atoms with E-state index in [-0.39, 0.29) is 0 Å². The van der Waals surface area contributed by atoms with Gasteiger partial charge in [0.25, 0.3) is 0 Å². The van der Waals surface area contributed by atoms with Gasteiger partial charge in [-0.15, -0.1) is 0 Å². The number of carboxylic acid groups (broad SMARTS) is 1. The van der Waals surface area contributed by atoms with Crippen molar-refractivity contribution >= 4 is 17.7 Å². The van der Waals surface area contributed by atoms with Gasteiger partial charge in [0.1, 0.15) is 6.04 Å². The van der Waals surface area contributed by atoms with E-state index in [9.17, 15) is 9.59 Å². The number of aryl methyl sites for hydroxylation is 3. The molecule has 0 aliphatic heterocycles. The summed E-state index contributed by atoms with van der Waals surface area (Å²) in [5.74, 6) is -1.01. The smallest absolute Gasteiger partial charge is 0.326 e. The Morgan fingerprint density at radius 2 is 1.75 bits per heavy atom. The Labute approximate surface area is 119 Å². The lowest BCUT2D eigenvalue weighted by atomic mass is 10.1. The van der Waals surface area contributed by atoms with E-state index in [1.165, 1.54) is 0 Å². The molecule has 3 N–H and O–H groups in total. The molecule has 1 aromatic rings. The SMILES string of the molecule is CCC[C@H](NC(=O)Nc1c(C)cc(C)cc1C)C(=O)O. The third kappa shape index (κ3) is 4.26. The Morgan fingerprint density at radius 1 is 1.20 bits per heavy atom. The minimum atomic E-state index is -1.01. The summed E-state index contributed by atoms with van der Waals surface area (Å²) in [5, 5.41) is 14.2. The van der Waals surface area contributed by atoms with Crippen LogP contribution in [-0.2, 0) is 4.79 Å². The molecule has 110 valence electrons. The van der Waals surface area contributed by atoms with Gasteiger partial charge in [0.15, 0.2) is 0 Å². The maximum absolute atomic E-state index is 11.9. The molecule has 0 bridgehead atoms. The molecule has 1 atom stereocenters. The molecule has 1 aromatic carbocycles. The second-order valence-corrected chi connectivity index (χ2v) is 5.05. The van der Waals surface area contributed by atoms with Gasteiger partial charge in [0, 0.05) is 5.69 Å². The molecule has 1 rings (SSSR count). The number of hydrogen-bond acceptors (Lipinski definition) is 2. The maximum Gasteiger partial charge on any atom is 0.326 e. The average molecular weight is 278 g/mol. The van der Waals surface area contributed by atoms with E-state index >= 15 is 0 Å². The van der Waals surface area contributed by atoms with Crippen LogP contribution in [0.5, 0.6) is 0 Å². The molecule has 0 unspecified atom stereocenters. The van der Waals surface area contributed by atoms with Crippen molar-refractivity contribution in [3.05, 3.63) is 28.8 Å². The molecule has 0 aliphatic rings. The van der Waals surface area contributed by atoms with Gasteiger partial charge in [-0.25, -0.2) is 9.59 Å². The molecule has 2 amide bonds. The van der Waals surface area contributed by atoms with E-state index < -0.39 is 18.0 Å². The van der Waals surface area contributed by atoms with Gasteiger partial charge in [-0.2, -0.15) is 0 Å². The second kappa shape index (κ2) is 6.93. The number of carbonyl (C=O) groups excluding carboxylic acids is 1. The number of hydrogen-bond donors (Lipinski definition) is 3. The molecule has 0 fully saturated rings. The molecular formula is C15H22N2O3. The minimum absolute atomic E-state index is 0.411. The Bertz CT molecular complexity index is 489. The van der Waals surface area contributed by atoms with Crippen LogP contribution in [0.15, 0.2) is 12.1 Å². The maximum atomic E-state index is 11.9. The van der Waals surface area contributed by atoms with Crippen LogP contribution in [-0.4, -0.2) is 23.1 Å². The highest BCUT2D eigenvalue weighted by atomic mass is 16.4. The van der Waals surface area contributed by atoms with E-state index in [0.29, 0.717) is 12.8 Å². The number of carbonyl (C=O) groups is 2. The predicted molar refractivity (Wildman–Crippen MR) is 79.1 cm³/mol. The third-order valence-corrected chi connectivity index (χ3v) is 3.10. The van der Waals surface area contributed by atoms with Crippen molar-refractivity contribution in [2.75, 3.05) is 5.32 Å². The predicted octanol–water partition coefficient (Wildman–Crippen LogP) is 2.99. The summed E-state index contributed by atoms with van der Waals surface area (Å²) in [7, 11) is 0. The van der Waals surface area contributed by atoms with Crippen molar-refractivity contribution in [3.8, 4) is 0 Å². The van der Waals surface area contributed by atoms with E-state index in [0.717, 1.165) is 22.4 Å². The molecule has 5 nitrogen and oxygen atoms in total. The highest BCUT2D eigenvalue weighted by Crippen LogP contribution is 2.21. The topological polar surface area (TPSA) is 78.4 Å². The van der Waals surface area contributed by atoms with Crippen LogP contribution in [0.1, 0.15) is 36.5 Å². The number of aliphatic carboxylic acids is 1. The lowest BCUT2D eigenvalue weighted by Gasteiger charge is -2.17. The zero-order valence-electron chi connectivity index (χ0n) is 12.4. The number of nitrogens with one attached hydrogen (secondary N) is 2. The highest BCUT2D eigenvalue weighted by Gasteiger charge is 2.19.